The highest BCUT2D eigenvalue weighted by molar-refractivity contribution is 7.92. The summed E-state index contributed by atoms with van der Waals surface area (Å²) < 4.78 is 104. The first-order chi connectivity index (χ1) is 15.0. The standard InChI is InChI=1S/C16H10Cl2F6N4O4S/c1-3-32-28(7(2)29)14-13(33(30,31)16(22,23)24)11(6-25)26-27(14)12-9(17)4-8(5-10(12)18)15(19,20)21/h4-5H,3H2,1-2H3. The Bertz CT molecular complexity index is 1230. The molecule has 1 aromatic carbocycles. The molecule has 0 saturated carbocycles. The number of hydrogen-bond acceptors (Lipinski definition) is 6. The van der Waals surface area contributed by atoms with Gasteiger partial charge in [0.1, 0.15) is 11.8 Å². The van der Waals surface area contributed by atoms with Crippen LogP contribution in [0.5, 0.6) is 0 Å². The van der Waals surface area contributed by atoms with Crippen LogP contribution in [0, 0.1) is 11.3 Å². The van der Waals surface area contributed by atoms with Gasteiger partial charge in [-0.15, -0.1) is 0 Å². The molecule has 1 heterocycles. The molecule has 2 aromatic rings. The second kappa shape index (κ2) is 9.01. The second-order valence-corrected chi connectivity index (χ2v) is 8.68. The number of halogens is 8. The number of carbonyl (C=O) groups excluding carboxylic acids is 1. The minimum Gasteiger partial charge on any atom is -0.272 e. The SMILES string of the molecule is CCON(C(C)=O)c1c(S(=O)(=O)C(F)(F)F)c(C#N)nn1-c1c(Cl)cc(C(F)(F)F)cc1Cl. The number of alkyl halides is 6. The zero-order valence-corrected chi connectivity index (χ0v) is 18.5. The highest BCUT2D eigenvalue weighted by atomic mass is 35.5. The van der Waals surface area contributed by atoms with Crippen molar-refractivity contribution in [2.45, 2.75) is 30.4 Å². The highest BCUT2D eigenvalue weighted by Gasteiger charge is 2.52. The van der Waals surface area contributed by atoms with Crippen molar-refractivity contribution in [1.82, 2.24) is 9.78 Å². The maximum atomic E-state index is 13.4. The molecule has 180 valence electrons. The van der Waals surface area contributed by atoms with Crippen molar-refractivity contribution in [3.63, 3.8) is 0 Å². The summed E-state index contributed by atoms with van der Waals surface area (Å²) in [6.45, 7) is 1.68. The van der Waals surface area contributed by atoms with E-state index in [4.69, 9.17) is 28.0 Å². The molecule has 0 aliphatic rings. The lowest BCUT2D eigenvalue weighted by Crippen LogP contribution is -2.33. The molecule has 1 amide bonds. The number of amides is 1. The Balaban J connectivity index is 3.09. The van der Waals surface area contributed by atoms with Gasteiger partial charge in [-0.2, -0.15) is 41.8 Å². The number of rotatable bonds is 5. The van der Waals surface area contributed by atoms with Crippen molar-refractivity contribution in [1.29, 1.82) is 5.26 Å². The average molecular weight is 539 g/mol. The van der Waals surface area contributed by atoms with Crippen LogP contribution in [0.3, 0.4) is 0 Å². The molecule has 1 aromatic heterocycles. The fraction of sp³-hybridized carbons (Fsp3) is 0.312. The van der Waals surface area contributed by atoms with Gasteiger partial charge in [-0.25, -0.2) is 13.1 Å². The lowest BCUT2D eigenvalue weighted by molar-refractivity contribution is -0.137. The maximum Gasteiger partial charge on any atom is 0.502 e. The van der Waals surface area contributed by atoms with E-state index in [2.05, 4.69) is 5.10 Å². The van der Waals surface area contributed by atoms with E-state index < -0.39 is 65.1 Å². The van der Waals surface area contributed by atoms with Crippen LogP contribution in [0.1, 0.15) is 25.1 Å². The Kier molecular flexibility index (Phi) is 7.29. The first-order valence-corrected chi connectivity index (χ1v) is 10.6. The first-order valence-electron chi connectivity index (χ1n) is 8.33. The molecule has 17 heteroatoms. The van der Waals surface area contributed by atoms with Crippen LogP contribution in [0.25, 0.3) is 5.69 Å². The fourth-order valence-electron chi connectivity index (χ4n) is 2.53. The molecular formula is C16H10Cl2F6N4O4S. The molecule has 0 bridgehead atoms. The number of anilines is 1. The molecule has 0 saturated heterocycles. The van der Waals surface area contributed by atoms with Gasteiger partial charge in [0.2, 0.25) is 5.91 Å². The third-order valence-electron chi connectivity index (χ3n) is 3.79. The summed E-state index contributed by atoms with van der Waals surface area (Å²) in [5.41, 5.74) is -9.39. The maximum absolute atomic E-state index is 13.4. The van der Waals surface area contributed by atoms with E-state index >= 15 is 0 Å². The van der Waals surface area contributed by atoms with Gasteiger partial charge in [0, 0.05) is 6.92 Å². The summed E-state index contributed by atoms with van der Waals surface area (Å²) in [4.78, 5) is 15.2. The van der Waals surface area contributed by atoms with Gasteiger partial charge in [-0.3, -0.25) is 9.63 Å². The number of benzene rings is 1. The molecule has 8 nitrogen and oxygen atoms in total. The molecule has 33 heavy (non-hydrogen) atoms. The van der Waals surface area contributed by atoms with Gasteiger partial charge in [0.25, 0.3) is 9.84 Å². The van der Waals surface area contributed by atoms with Crippen LogP contribution < -0.4 is 5.06 Å². The third-order valence-corrected chi connectivity index (χ3v) is 5.89. The minimum atomic E-state index is -6.34. The molecule has 0 aliphatic carbocycles. The molecule has 2 rings (SSSR count). The summed E-state index contributed by atoms with van der Waals surface area (Å²) in [6.07, 6.45) is -4.92. The van der Waals surface area contributed by atoms with Crippen molar-refractivity contribution in [2.75, 3.05) is 11.7 Å². The highest BCUT2D eigenvalue weighted by Crippen LogP contribution is 2.43. The summed E-state index contributed by atoms with van der Waals surface area (Å²) in [6, 6.07) is 1.83. The number of nitrogens with zero attached hydrogens (tertiary/aromatic N) is 4. The van der Waals surface area contributed by atoms with Gasteiger partial charge in [-0.1, -0.05) is 23.2 Å². The minimum absolute atomic E-state index is 0.0801. The van der Waals surface area contributed by atoms with Crippen LogP contribution in [-0.4, -0.2) is 36.2 Å². The molecule has 0 unspecified atom stereocenters. The Morgan fingerprint density at radius 3 is 2.09 bits per heavy atom. The topological polar surface area (TPSA) is 105 Å². The van der Waals surface area contributed by atoms with E-state index in [1.807, 2.05) is 0 Å². The summed E-state index contributed by atoms with van der Waals surface area (Å²) >= 11 is 11.7. The smallest absolute Gasteiger partial charge is 0.272 e. The van der Waals surface area contributed by atoms with E-state index in [0.29, 0.717) is 12.1 Å². The van der Waals surface area contributed by atoms with Gasteiger partial charge >= 0.3 is 11.7 Å². The van der Waals surface area contributed by atoms with E-state index in [9.17, 15) is 44.8 Å². The van der Waals surface area contributed by atoms with Crippen molar-refractivity contribution < 1.29 is 44.4 Å². The summed E-state index contributed by atoms with van der Waals surface area (Å²) in [7, 11) is -6.34. The van der Waals surface area contributed by atoms with Crippen LogP contribution in [0.15, 0.2) is 17.0 Å². The van der Waals surface area contributed by atoms with Gasteiger partial charge in [-0.05, 0) is 19.1 Å². The molecular weight excluding hydrogens is 529 g/mol. The largest absolute Gasteiger partial charge is 0.502 e. The lowest BCUT2D eigenvalue weighted by Gasteiger charge is -2.23. The molecule has 0 aliphatic heterocycles. The van der Waals surface area contributed by atoms with Crippen LogP contribution in [-0.2, 0) is 25.6 Å². The van der Waals surface area contributed by atoms with Gasteiger partial charge in [0.15, 0.2) is 16.4 Å². The molecule has 0 N–H and O–H groups in total. The van der Waals surface area contributed by atoms with Crippen molar-refractivity contribution in [3.05, 3.63) is 33.4 Å². The molecule has 0 radical (unpaired) electrons. The van der Waals surface area contributed by atoms with E-state index in [-0.39, 0.29) is 16.4 Å². The number of sulfone groups is 1. The van der Waals surface area contributed by atoms with Crippen molar-refractivity contribution in [3.8, 4) is 11.8 Å². The molecule has 0 spiro atoms. The van der Waals surface area contributed by atoms with Crippen LogP contribution in [0.4, 0.5) is 32.2 Å². The van der Waals surface area contributed by atoms with E-state index in [1.165, 1.54) is 6.92 Å². The number of nitriles is 1. The second-order valence-electron chi connectivity index (χ2n) is 5.99. The summed E-state index contributed by atoms with van der Waals surface area (Å²) in [5.74, 6) is -2.43. The Morgan fingerprint density at radius 2 is 1.73 bits per heavy atom. The zero-order chi connectivity index (χ0) is 25.5. The summed E-state index contributed by atoms with van der Waals surface area (Å²) in [5, 5.41) is 11.1. The number of carbonyl (C=O) groups is 1. The number of aromatic nitrogens is 2. The quantitative estimate of drug-likeness (QED) is 0.404. The average Bonchev–Trinajstić information content (AvgIpc) is 3.03. The molecule has 0 fully saturated rings. The van der Waals surface area contributed by atoms with E-state index in [1.54, 1.807) is 0 Å². The fourth-order valence-corrected chi connectivity index (χ4v) is 4.16. The van der Waals surface area contributed by atoms with Crippen molar-refractivity contribution >= 4 is 44.8 Å². The van der Waals surface area contributed by atoms with Gasteiger partial charge < -0.3 is 0 Å². The van der Waals surface area contributed by atoms with E-state index in [0.717, 1.165) is 13.0 Å². The predicted molar refractivity (Wildman–Crippen MR) is 101 cm³/mol. The lowest BCUT2D eigenvalue weighted by atomic mass is 10.2. The monoisotopic (exact) mass is 538 g/mol. The predicted octanol–water partition coefficient (Wildman–Crippen LogP) is 4.67. The van der Waals surface area contributed by atoms with Crippen LogP contribution >= 0.6 is 23.2 Å². The normalized spacial score (nSPS) is 12.5. The third kappa shape index (κ3) is 4.88. The molecule has 0 atom stereocenters. The first kappa shape index (κ1) is 26.7. The Hall–Kier alpha value is -2.54. The Morgan fingerprint density at radius 1 is 1.21 bits per heavy atom. The zero-order valence-electron chi connectivity index (χ0n) is 16.2. The van der Waals surface area contributed by atoms with Gasteiger partial charge in [0.05, 0.1) is 22.2 Å². The number of hydroxylamine groups is 1. The van der Waals surface area contributed by atoms with Crippen LogP contribution in [0.2, 0.25) is 10.0 Å². The Labute approximate surface area is 191 Å². The van der Waals surface area contributed by atoms with Crippen molar-refractivity contribution in [2.24, 2.45) is 0 Å². The number of hydrogen-bond donors (Lipinski definition) is 0.